The van der Waals surface area contributed by atoms with Crippen molar-refractivity contribution < 1.29 is 17.6 Å². The van der Waals surface area contributed by atoms with Gasteiger partial charge in [0, 0.05) is 35.1 Å². The van der Waals surface area contributed by atoms with Crippen LogP contribution in [0.2, 0.25) is 0 Å². The largest absolute Gasteiger partial charge is 0.451 e. The molecule has 0 bridgehead atoms. The van der Waals surface area contributed by atoms with Crippen molar-refractivity contribution in [2.45, 2.75) is 11.1 Å². The summed E-state index contributed by atoms with van der Waals surface area (Å²) in [5.74, 6) is 7.88. The number of hydrogen-bond donors (Lipinski definition) is 1. The van der Waals surface area contributed by atoms with E-state index in [4.69, 9.17) is 5.14 Å². The van der Waals surface area contributed by atoms with Crippen molar-refractivity contribution in [3.8, 4) is 22.4 Å². The lowest BCUT2D eigenvalue weighted by Gasteiger charge is -2.30. The van der Waals surface area contributed by atoms with Crippen molar-refractivity contribution in [2.75, 3.05) is 29.5 Å². The Bertz CT molecular complexity index is 1270. The van der Waals surface area contributed by atoms with E-state index in [1.807, 2.05) is 4.90 Å². The summed E-state index contributed by atoms with van der Waals surface area (Å²) in [4.78, 5) is 10.4. The van der Waals surface area contributed by atoms with Crippen LogP contribution < -0.4 is 10.0 Å². The summed E-state index contributed by atoms with van der Waals surface area (Å²) >= 11 is 1.73. The van der Waals surface area contributed by atoms with Gasteiger partial charge in [-0.25, -0.2) is 14.4 Å². The fourth-order valence-corrected chi connectivity index (χ4v) is 5.18. The summed E-state index contributed by atoms with van der Waals surface area (Å²) in [7, 11) is -2.07. The molecule has 0 atom stereocenters. The lowest BCUT2D eigenvalue weighted by molar-refractivity contribution is -0.144. The molecule has 0 unspecified atom stereocenters. The Kier molecular flexibility index (Phi) is 6.43. The van der Waals surface area contributed by atoms with Crippen LogP contribution in [0.25, 0.3) is 22.4 Å². The number of alkyl halides is 3. The molecule has 0 amide bonds. The van der Waals surface area contributed by atoms with Crippen LogP contribution in [0.1, 0.15) is 5.82 Å². The van der Waals surface area contributed by atoms with Gasteiger partial charge in [0.25, 0.3) is 0 Å². The number of halogens is 4. The van der Waals surface area contributed by atoms with E-state index >= 15 is 0 Å². The first-order chi connectivity index (χ1) is 15.5. The Morgan fingerprint density at radius 1 is 0.970 bits per heavy atom. The predicted molar refractivity (Wildman–Crippen MR) is 132 cm³/mol. The molecule has 0 radical (unpaired) electrons. The molecule has 1 aromatic heterocycles. The first-order valence-electron chi connectivity index (χ1n) is 9.99. The predicted octanol–water partition coefficient (Wildman–Crippen LogP) is 5.42. The van der Waals surface area contributed by atoms with Gasteiger partial charge in [0.05, 0.1) is 11.3 Å². The monoisotopic (exact) mass is 494 g/mol. The van der Waals surface area contributed by atoms with Crippen molar-refractivity contribution >= 4 is 38.7 Å². The maximum Gasteiger partial charge on any atom is 0.451 e. The number of thioether (sulfide) groups is 1. The van der Waals surface area contributed by atoms with E-state index in [2.05, 4.69) is 21.7 Å². The van der Waals surface area contributed by atoms with Crippen LogP contribution in [0, 0.1) is 5.82 Å². The molecule has 1 fully saturated rings. The molecule has 1 aliphatic heterocycles. The zero-order valence-electron chi connectivity index (χ0n) is 17.6. The van der Waals surface area contributed by atoms with Gasteiger partial charge in [-0.2, -0.15) is 24.9 Å². The Hall–Kier alpha value is -2.56. The lowest BCUT2D eigenvalue weighted by Crippen LogP contribution is -2.34. The highest BCUT2D eigenvalue weighted by molar-refractivity contribution is 8.26. The molecule has 1 aliphatic rings. The number of nitrogens with zero attached hydrogens (tertiary/aromatic N) is 3. The number of anilines is 1. The van der Waals surface area contributed by atoms with Gasteiger partial charge < -0.3 is 4.90 Å². The van der Waals surface area contributed by atoms with E-state index in [1.54, 1.807) is 36.0 Å². The second-order valence-corrected chi connectivity index (χ2v) is 11.3. The minimum Gasteiger partial charge on any atom is -0.354 e. The van der Waals surface area contributed by atoms with Crippen LogP contribution in [-0.2, 0) is 6.18 Å². The first-order valence-corrected chi connectivity index (χ1v) is 13.2. The second-order valence-electron chi connectivity index (χ2n) is 7.67. The third-order valence-electron chi connectivity index (χ3n) is 5.16. The molecule has 4 nitrogen and oxygen atoms in total. The maximum absolute atomic E-state index is 13.8. The van der Waals surface area contributed by atoms with E-state index in [0.29, 0.717) is 34.7 Å². The van der Waals surface area contributed by atoms with Crippen molar-refractivity contribution in [1.82, 2.24) is 9.97 Å². The van der Waals surface area contributed by atoms with Gasteiger partial charge in [-0.05, 0) is 42.0 Å². The summed E-state index contributed by atoms with van der Waals surface area (Å²) in [5.41, 5.74) is 1.47. The van der Waals surface area contributed by atoms with E-state index in [0.717, 1.165) is 11.5 Å². The first kappa shape index (κ1) is 23.6. The van der Waals surface area contributed by atoms with Crippen LogP contribution in [0.3, 0.4) is 0 Å². The molecule has 2 aromatic carbocycles. The molecule has 2 N–H and O–H groups in total. The Labute approximate surface area is 194 Å². The molecule has 0 spiro atoms. The molecule has 0 saturated carbocycles. The zero-order chi connectivity index (χ0) is 23.8. The van der Waals surface area contributed by atoms with Gasteiger partial charge >= 0.3 is 6.18 Å². The third kappa shape index (κ3) is 5.18. The van der Waals surface area contributed by atoms with Gasteiger partial charge in [-0.3, -0.25) is 5.14 Å². The van der Waals surface area contributed by atoms with E-state index in [9.17, 15) is 17.6 Å². The fraction of sp³-hybridized carbons (Fsp3) is 0.217. The van der Waals surface area contributed by atoms with Crippen LogP contribution in [0.15, 0.2) is 53.4 Å². The molecule has 1 saturated heterocycles. The van der Waals surface area contributed by atoms with Crippen LogP contribution in [0.4, 0.5) is 23.4 Å². The maximum atomic E-state index is 13.8. The third-order valence-corrected chi connectivity index (χ3v) is 7.30. The van der Waals surface area contributed by atoms with Crippen LogP contribution >= 0.6 is 21.2 Å². The number of benzene rings is 2. The minimum atomic E-state index is -4.74. The lowest BCUT2D eigenvalue weighted by atomic mass is 9.98. The molecule has 3 aromatic rings. The second kappa shape index (κ2) is 9.00. The van der Waals surface area contributed by atoms with Crippen molar-refractivity contribution in [3.63, 3.8) is 0 Å². The Balaban J connectivity index is 2.06. The molecule has 0 aliphatic carbocycles. The molecule has 33 heavy (non-hydrogen) atoms. The average Bonchev–Trinajstić information content (AvgIpc) is 2.78. The molecule has 10 heteroatoms. The van der Waals surface area contributed by atoms with Gasteiger partial charge in [-0.1, -0.05) is 23.9 Å². The van der Waals surface area contributed by atoms with E-state index in [1.165, 1.54) is 24.3 Å². The number of aromatic nitrogens is 2. The van der Waals surface area contributed by atoms with Crippen molar-refractivity contribution in [3.05, 3.63) is 60.2 Å². The van der Waals surface area contributed by atoms with Crippen molar-refractivity contribution in [2.24, 2.45) is 5.14 Å². The smallest absolute Gasteiger partial charge is 0.354 e. The van der Waals surface area contributed by atoms with Gasteiger partial charge in [0.2, 0.25) is 5.82 Å². The summed E-state index contributed by atoms with van der Waals surface area (Å²) in [6.45, 7) is 1.09. The summed E-state index contributed by atoms with van der Waals surface area (Å²) in [6, 6.07) is 12.3. The molecule has 4 rings (SSSR count). The number of hydrogen-bond acceptors (Lipinski definition) is 5. The van der Waals surface area contributed by atoms with E-state index < -0.39 is 27.2 Å². The average molecular weight is 495 g/mol. The minimum absolute atomic E-state index is 0.0773. The molecular formula is C23H22F4N4S2. The van der Waals surface area contributed by atoms with Crippen LogP contribution in [-0.4, -0.2) is 46.3 Å². The summed E-state index contributed by atoms with van der Waals surface area (Å²) in [6.07, 6.45) is -4.74. The van der Waals surface area contributed by atoms with Gasteiger partial charge in [-0.15, -0.1) is 9.39 Å². The summed E-state index contributed by atoms with van der Waals surface area (Å²) in [5, 5.41) is 6.16. The molecule has 174 valence electrons. The topological polar surface area (TPSA) is 55.0 Å². The normalized spacial score (nSPS) is 15.0. The quantitative estimate of drug-likeness (QED) is 0.388. The van der Waals surface area contributed by atoms with Crippen molar-refractivity contribution in [1.29, 1.82) is 0 Å². The molecular weight excluding hydrogens is 472 g/mol. The highest BCUT2D eigenvalue weighted by Crippen LogP contribution is 2.42. The zero-order valence-corrected chi connectivity index (χ0v) is 19.2. The SMILES string of the molecule is C=S(=C)(N)c1cccc(-c2c(-c3ccc(F)cc3)nc(C(F)(F)F)nc2N2CCSCC2)c1. The molecule has 2 heterocycles. The van der Waals surface area contributed by atoms with Gasteiger partial charge in [0.15, 0.2) is 0 Å². The standard InChI is InChI=1S/C23H22F4N4S2/c1-33(2,28)18-5-3-4-16(14-18)19-20(15-6-8-17(24)9-7-15)29-22(23(25,26)27)30-21(19)31-10-12-32-13-11-31/h3-9,14H,1-2,10-13,28H2. The Morgan fingerprint density at radius 3 is 2.24 bits per heavy atom. The van der Waals surface area contributed by atoms with Crippen LogP contribution in [0.5, 0.6) is 0 Å². The van der Waals surface area contributed by atoms with Gasteiger partial charge in [0.1, 0.15) is 11.6 Å². The highest BCUT2D eigenvalue weighted by atomic mass is 32.2. The highest BCUT2D eigenvalue weighted by Gasteiger charge is 2.37. The summed E-state index contributed by atoms with van der Waals surface area (Å²) < 4.78 is 55.0. The fourth-order valence-electron chi connectivity index (χ4n) is 3.57. The number of rotatable bonds is 4. The van der Waals surface area contributed by atoms with E-state index in [-0.39, 0.29) is 11.5 Å². The number of nitrogens with two attached hydrogens (primary N) is 1. The Morgan fingerprint density at radius 2 is 1.64 bits per heavy atom.